The minimum Gasteiger partial charge on any atom is -0.312 e. The fraction of sp³-hybridized carbons (Fsp3) is 0.222. The number of rotatable bonds is 4. The Bertz CT molecular complexity index is 715. The average Bonchev–Trinajstić information content (AvgIpc) is 2.92. The lowest BCUT2D eigenvalue weighted by Crippen LogP contribution is -2.38. The summed E-state index contributed by atoms with van der Waals surface area (Å²) in [6.07, 6.45) is 0.653. The molecule has 0 fully saturated rings. The van der Waals surface area contributed by atoms with Gasteiger partial charge in [-0.25, -0.2) is 4.99 Å². The van der Waals surface area contributed by atoms with Crippen molar-refractivity contribution >= 4 is 46.5 Å². The van der Waals surface area contributed by atoms with Crippen LogP contribution in [-0.2, 0) is 10.3 Å². The Morgan fingerprint density at radius 2 is 1.42 bits per heavy atom. The predicted molar refractivity (Wildman–Crippen MR) is 98.8 cm³/mol. The zero-order valence-electron chi connectivity index (χ0n) is 12.7. The maximum absolute atomic E-state index is 12.9. The van der Waals surface area contributed by atoms with E-state index >= 15 is 0 Å². The summed E-state index contributed by atoms with van der Waals surface area (Å²) in [5.41, 5.74) is 0.501. The second kappa shape index (κ2) is 6.75. The van der Waals surface area contributed by atoms with Gasteiger partial charge in [0, 0.05) is 12.8 Å². The van der Waals surface area contributed by atoms with Crippen molar-refractivity contribution in [3.8, 4) is 0 Å². The first-order chi connectivity index (χ1) is 11.4. The molecule has 24 heavy (non-hydrogen) atoms. The monoisotopic (exact) mass is 380 g/mol. The summed E-state index contributed by atoms with van der Waals surface area (Å²) in [5.74, 6) is 0.332. The third-order valence-corrected chi connectivity index (χ3v) is 4.48. The Morgan fingerprint density at radius 3 is 1.88 bits per heavy atom. The molecule has 3 nitrogen and oxygen atoms in total. The predicted octanol–water partition coefficient (Wildman–Crippen LogP) is 4.61. The number of nitrogens with one attached hydrogen (secondary N) is 1. The molecule has 1 aliphatic rings. The fourth-order valence-electron chi connectivity index (χ4n) is 2.80. The van der Waals surface area contributed by atoms with Crippen LogP contribution in [0.5, 0.6) is 0 Å². The minimum absolute atomic E-state index is 0.195. The van der Waals surface area contributed by atoms with Crippen molar-refractivity contribution in [2.45, 2.75) is 22.2 Å². The standard InChI is InChI=1S/C18H15Cl3N2O/c19-17(20,21)12-11-15-22-16(24)18(23-15,13-7-3-1-4-8-13)14-9-5-2-6-10-14/h1-10H,11-12H2,(H,22,23,24). The summed E-state index contributed by atoms with van der Waals surface area (Å²) in [5, 5.41) is 2.85. The molecule has 1 heterocycles. The van der Waals surface area contributed by atoms with Gasteiger partial charge in [-0.2, -0.15) is 0 Å². The zero-order chi connectivity index (χ0) is 17.2. The van der Waals surface area contributed by atoms with E-state index in [0.29, 0.717) is 12.3 Å². The summed E-state index contributed by atoms with van der Waals surface area (Å²) in [4.78, 5) is 17.6. The van der Waals surface area contributed by atoms with E-state index in [1.807, 2.05) is 60.7 Å². The molecule has 1 aliphatic heterocycles. The van der Waals surface area contributed by atoms with Crippen molar-refractivity contribution in [1.29, 1.82) is 0 Å². The molecule has 0 aromatic heterocycles. The highest BCUT2D eigenvalue weighted by atomic mass is 35.6. The lowest BCUT2D eigenvalue weighted by atomic mass is 9.83. The number of nitrogens with zero attached hydrogens (tertiary/aromatic N) is 1. The number of benzene rings is 2. The first-order valence-corrected chi connectivity index (χ1v) is 8.63. The maximum Gasteiger partial charge on any atom is 0.262 e. The van der Waals surface area contributed by atoms with Crippen LogP contribution in [0.15, 0.2) is 65.7 Å². The quantitative estimate of drug-likeness (QED) is 0.772. The smallest absolute Gasteiger partial charge is 0.262 e. The van der Waals surface area contributed by atoms with Crippen molar-refractivity contribution in [2.24, 2.45) is 4.99 Å². The van der Waals surface area contributed by atoms with E-state index in [0.717, 1.165) is 11.1 Å². The van der Waals surface area contributed by atoms with E-state index in [2.05, 4.69) is 5.32 Å². The summed E-state index contributed by atoms with van der Waals surface area (Å²) in [6, 6.07) is 19.0. The minimum atomic E-state index is -1.38. The molecular formula is C18H15Cl3N2O. The van der Waals surface area contributed by atoms with Crippen molar-refractivity contribution in [3.63, 3.8) is 0 Å². The van der Waals surface area contributed by atoms with E-state index in [4.69, 9.17) is 39.8 Å². The van der Waals surface area contributed by atoms with Gasteiger partial charge >= 0.3 is 0 Å². The molecule has 1 N–H and O–H groups in total. The Morgan fingerprint density at radius 1 is 0.917 bits per heavy atom. The first-order valence-electron chi connectivity index (χ1n) is 7.50. The molecule has 0 aliphatic carbocycles. The molecule has 0 spiro atoms. The van der Waals surface area contributed by atoms with Crippen molar-refractivity contribution in [2.75, 3.05) is 0 Å². The van der Waals surface area contributed by atoms with Crippen LogP contribution in [0.3, 0.4) is 0 Å². The van der Waals surface area contributed by atoms with Crippen LogP contribution in [0.25, 0.3) is 0 Å². The van der Waals surface area contributed by atoms with Crippen molar-refractivity contribution < 1.29 is 4.79 Å². The number of hydrogen-bond donors (Lipinski definition) is 1. The number of carbonyl (C=O) groups excluding carboxylic acids is 1. The van der Waals surface area contributed by atoms with Gasteiger partial charge in [-0.15, -0.1) is 0 Å². The highest BCUT2D eigenvalue weighted by molar-refractivity contribution is 6.67. The fourth-order valence-corrected chi connectivity index (χ4v) is 3.08. The zero-order valence-corrected chi connectivity index (χ0v) is 14.9. The van der Waals surface area contributed by atoms with Crippen LogP contribution < -0.4 is 5.32 Å². The summed E-state index contributed by atoms with van der Waals surface area (Å²) < 4.78 is -1.38. The molecular weight excluding hydrogens is 367 g/mol. The van der Waals surface area contributed by atoms with Gasteiger partial charge in [-0.3, -0.25) is 4.79 Å². The summed E-state index contributed by atoms with van der Waals surface area (Å²) >= 11 is 17.4. The van der Waals surface area contributed by atoms with Crippen LogP contribution in [0.4, 0.5) is 0 Å². The Hall–Kier alpha value is -1.55. The Balaban J connectivity index is 2.06. The Labute approximate surface area is 155 Å². The number of hydrogen-bond acceptors (Lipinski definition) is 2. The number of halogens is 3. The molecule has 1 amide bonds. The van der Waals surface area contributed by atoms with E-state index in [-0.39, 0.29) is 12.3 Å². The Kier molecular flexibility index (Phi) is 4.86. The van der Waals surface area contributed by atoms with Gasteiger partial charge in [0.15, 0.2) is 9.33 Å². The number of alkyl halides is 3. The molecule has 0 radical (unpaired) electrons. The molecule has 2 aromatic carbocycles. The third kappa shape index (κ3) is 3.44. The highest BCUT2D eigenvalue weighted by Gasteiger charge is 2.46. The van der Waals surface area contributed by atoms with E-state index in [1.165, 1.54) is 0 Å². The van der Waals surface area contributed by atoms with Gasteiger partial charge in [0.05, 0.1) is 0 Å². The lowest BCUT2D eigenvalue weighted by Gasteiger charge is -2.24. The maximum atomic E-state index is 12.9. The van der Waals surface area contributed by atoms with Crippen molar-refractivity contribution in [1.82, 2.24) is 5.32 Å². The third-order valence-electron chi connectivity index (χ3n) is 3.92. The molecule has 2 aromatic rings. The topological polar surface area (TPSA) is 41.5 Å². The normalized spacial score (nSPS) is 16.6. The average molecular weight is 382 g/mol. The molecule has 0 saturated heterocycles. The number of amides is 1. The molecule has 6 heteroatoms. The van der Waals surface area contributed by atoms with Gasteiger partial charge < -0.3 is 5.32 Å². The molecule has 0 atom stereocenters. The van der Waals surface area contributed by atoms with Gasteiger partial charge in [0.2, 0.25) is 0 Å². The van der Waals surface area contributed by atoms with Crippen LogP contribution in [0, 0.1) is 0 Å². The SMILES string of the molecule is O=C1NC(CCC(Cl)(Cl)Cl)=NC1(c1ccccc1)c1ccccc1. The molecule has 124 valence electrons. The first kappa shape index (κ1) is 17.3. The number of carbonyl (C=O) groups is 1. The largest absolute Gasteiger partial charge is 0.312 e. The van der Waals surface area contributed by atoms with Gasteiger partial charge in [-0.1, -0.05) is 95.5 Å². The van der Waals surface area contributed by atoms with Gasteiger partial charge in [-0.05, 0) is 11.1 Å². The number of aliphatic imine (C=N–C) groups is 1. The highest BCUT2D eigenvalue weighted by Crippen LogP contribution is 2.38. The van der Waals surface area contributed by atoms with Gasteiger partial charge in [0.25, 0.3) is 5.91 Å². The molecule has 0 bridgehead atoms. The second-order valence-electron chi connectivity index (χ2n) is 5.57. The second-order valence-corrected chi connectivity index (χ2v) is 8.09. The van der Waals surface area contributed by atoms with E-state index in [9.17, 15) is 4.79 Å². The van der Waals surface area contributed by atoms with Crippen LogP contribution in [0.2, 0.25) is 0 Å². The lowest BCUT2D eigenvalue weighted by molar-refractivity contribution is -0.122. The molecule has 0 saturated carbocycles. The van der Waals surface area contributed by atoms with Crippen LogP contribution >= 0.6 is 34.8 Å². The van der Waals surface area contributed by atoms with E-state index < -0.39 is 9.33 Å². The molecule has 3 rings (SSSR count). The summed E-state index contributed by atoms with van der Waals surface area (Å²) in [6.45, 7) is 0. The van der Waals surface area contributed by atoms with Crippen LogP contribution in [-0.4, -0.2) is 15.5 Å². The van der Waals surface area contributed by atoms with Crippen LogP contribution in [0.1, 0.15) is 24.0 Å². The molecule has 0 unspecified atom stereocenters. The van der Waals surface area contributed by atoms with E-state index in [1.54, 1.807) is 0 Å². The summed E-state index contributed by atoms with van der Waals surface area (Å²) in [7, 11) is 0. The van der Waals surface area contributed by atoms with Crippen molar-refractivity contribution in [3.05, 3.63) is 71.8 Å². The van der Waals surface area contributed by atoms with Gasteiger partial charge in [0.1, 0.15) is 5.84 Å². The number of amidine groups is 1.